The van der Waals surface area contributed by atoms with Crippen LogP contribution in [-0.4, -0.2) is 49.3 Å². The Bertz CT molecular complexity index is 350. The highest BCUT2D eigenvalue weighted by atomic mass is 16.3. The summed E-state index contributed by atoms with van der Waals surface area (Å²) in [6, 6.07) is 7.50. The van der Waals surface area contributed by atoms with E-state index in [1.54, 1.807) is 6.07 Å². The normalized spacial score (nSPS) is 19.1. The molecule has 1 saturated heterocycles. The largest absolute Gasteiger partial charge is 0.508 e. The van der Waals surface area contributed by atoms with E-state index in [9.17, 15) is 5.11 Å². The Labute approximate surface area is 102 Å². The van der Waals surface area contributed by atoms with Crippen LogP contribution in [0, 0.1) is 0 Å². The first kappa shape index (κ1) is 12.4. The van der Waals surface area contributed by atoms with E-state index in [0.29, 0.717) is 12.3 Å². The zero-order valence-corrected chi connectivity index (χ0v) is 10.1. The van der Waals surface area contributed by atoms with Crippen LogP contribution in [0.2, 0.25) is 0 Å². The molecule has 1 aromatic carbocycles. The first-order chi connectivity index (χ1) is 8.31. The molecule has 0 saturated carbocycles. The summed E-state index contributed by atoms with van der Waals surface area (Å²) in [7, 11) is 0. The third-order valence-electron chi connectivity index (χ3n) is 3.35. The topological polar surface area (TPSA) is 61.5 Å². The number of phenols is 1. The number of aromatic hydroxyl groups is 1. The predicted octanol–water partition coefficient (Wildman–Crippen LogP) is 0.340. The number of piperazine rings is 1. The number of nitrogens with zero attached hydrogens (tertiary/aromatic N) is 1. The Morgan fingerprint density at radius 3 is 2.65 bits per heavy atom. The highest BCUT2D eigenvalue weighted by Crippen LogP contribution is 2.25. The minimum absolute atomic E-state index is 0.217. The van der Waals surface area contributed by atoms with Gasteiger partial charge < -0.3 is 21.1 Å². The number of rotatable bonds is 4. The molecule has 0 aromatic heterocycles. The molecule has 1 heterocycles. The number of para-hydroxylation sites is 1. The second-order valence-electron chi connectivity index (χ2n) is 4.54. The summed E-state index contributed by atoms with van der Waals surface area (Å²) in [6.07, 6.45) is 0. The van der Waals surface area contributed by atoms with E-state index in [1.165, 1.54) is 0 Å². The minimum atomic E-state index is 0.217. The molecule has 94 valence electrons. The molecular formula is C13H21N3O. The van der Waals surface area contributed by atoms with Crippen LogP contribution in [0.3, 0.4) is 0 Å². The summed E-state index contributed by atoms with van der Waals surface area (Å²) < 4.78 is 0. The van der Waals surface area contributed by atoms with Gasteiger partial charge in [0.15, 0.2) is 0 Å². The van der Waals surface area contributed by atoms with Crippen molar-refractivity contribution in [3.63, 3.8) is 0 Å². The summed E-state index contributed by atoms with van der Waals surface area (Å²) in [4.78, 5) is 2.40. The van der Waals surface area contributed by atoms with Crippen LogP contribution in [0.1, 0.15) is 11.5 Å². The van der Waals surface area contributed by atoms with E-state index in [1.807, 2.05) is 18.2 Å². The highest BCUT2D eigenvalue weighted by molar-refractivity contribution is 5.35. The van der Waals surface area contributed by atoms with E-state index >= 15 is 0 Å². The van der Waals surface area contributed by atoms with Crippen molar-refractivity contribution in [2.24, 2.45) is 5.73 Å². The number of benzene rings is 1. The lowest BCUT2D eigenvalue weighted by atomic mass is 9.97. The van der Waals surface area contributed by atoms with Crippen LogP contribution in [0.5, 0.6) is 5.75 Å². The minimum Gasteiger partial charge on any atom is -0.508 e. The average molecular weight is 235 g/mol. The number of hydrogen-bond acceptors (Lipinski definition) is 4. The standard InChI is InChI=1S/C13H21N3O/c14-9-11(10-16-7-5-15-6-8-16)12-3-1-2-4-13(12)17/h1-4,11,15,17H,5-10,14H2. The zero-order chi connectivity index (χ0) is 12.1. The molecule has 0 aliphatic carbocycles. The molecule has 1 aromatic rings. The lowest BCUT2D eigenvalue weighted by Crippen LogP contribution is -2.45. The van der Waals surface area contributed by atoms with Gasteiger partial charge in [0.05, 0.1) is 0 Å². The Morgan fingerprint density at radius 1 is 1.29 bits per heavy atom. The molecule has 1 unspecified atom stereocenters. The maximum absolute atomic E-state index is 9.86. The van der Waals surface area contributed by atoms with Crippen LogP contribution in [0.4, 0.5) is 0 Å². The fraction of sp³-hybridized carbons (Fsp3) is 0.538. The van der Waals surface area contributed by atoms with Gasteiger partial charge >= 0.3 is 0 Å². The maximum Gasteiger partial charge on any atom is 0.119 e. The van der Waals surface area contributed by atoms with Crippen molar-refractivity contribution in [1.29, 1.82) is 0 Å². The molecule has 0 amide bonds. The number of nitrogens with two attached hydrogens (primary N) is 1. The fourth-order valence-corrected chi connectivity index (χ4v) is 2.34. The van der Waals surface area contributed by atoms with Gasteiger partial charge in [-0.05, 0) is 11.6 Å². The molecule has 4 N–H and O–H groups in total. The lowest BCUT2D eigenvalue weighted by molar-refractivity contribution is 0.227. The van der Waals surface area contributed by atoms with Crippen molar-refractivity contribution in [2.45, 2.75) is 5.92 Å². The van der Waals surface area contributed by atoms with Gasteiger partial charge in [-0.15, -0.1) is 0 Å². The van der Waals surface area contributed by atoms with Crippen molar-refractivity contribution < 1.29 is 5.11 Å². The summed E-state index contributed by atoms with van der Waals surface area (Å²) in [5.41, 5.74) is 6.80. The molecule has 1 aliphatic rings. The smallest absolute Gasteiger partial charge is 0.119 e. The summed E-state index contributed by atoms with van der Waals surface area (Å²) in [6.45, 7) is 5.70. The quantitative estimate of drug-likeness (QED) is 0.704. The van der Waals surface area contributed by atoms with Gasteiger partial charge in [0.1, 0.15) is 5.75 Å². The molecular weight excluding hydrogens is 214 g/mol. The van der Waals surface area contributed by atoms with Crippen LogP contribution < -0.4 is 11.1 Å². The third-order valence-corrected chi connectivity index (χ3v) is 3.35. The van der Waals surface area contributed by atoms with Gasteiger partial charge in [-0.2, -0.15) is 0 Å². The van der Waals surface area contributed by atoms with E-state index in [0.717, 1.165) is 38.3 Å². The van der Waals surface area contributed by atoms with E-state index in [2.05, 4.69) is 10.2 Å². The molecule has 4 heteroatoms. The van der Waals surface area contributed by atoms with Gasteiger partial charge in [0, 0.05) is 45.2 Å². The Morgan fingerprint density at radius 2 is 2.00 bits per heavy atom. The highest BCUT2D eigenvalue weighted by Gasteiger charge is 2.18. The van der Waals surface area contributed by atoms with Gasteiger partial charge in [-0.3, -0.25) is 0 Å². The van der Waals surface area contributed by atoms with Crippen LogP contribution >= 0.6 is 0 Å². The summed E-state index contributed by atoms with van der Waals surface area (Å²) >= 11 is 0. The number of hydrogen-bond donors (Lipinski definition) is 3. The van der Waals surface area contributed by atoms with Crippen LogP contribution in [0.25, 0.3) is 0 Å². The van der Waals surface area contributed by atoms with Crippen molar-refractivity contribution in [2.75, 3.05) is 39.3 Å². The van der Waals surface area contributed by atoms with Gasteiger partial charge in [-0.25, -0.2) is 0 Å². The molecule has 1 aliphatic heterocycles. The second-order valence-corrected chi connectivity index (χ2v) is 4.54. The van der Waals surface area contributed by atoms with Gasteiger partial charge in [0.25, 0.3) is 0 Å². The summed E-state index contributed by atoms with van der Waals surface area (Å²) in [5.74, 6) is 0.576. The molecule has 0 spiro atoms. The SMILES string of the molecule is NCC(CN1CCNCC1)c1ccccc1O. The van der Waals surface area contributed by atoms with E-state index in [4.69, 9.17) is 5.73 Å². The van der Waals surface area contributed by atoms with E-state index in [-0.39, 0.29) is 5.92 Å². The fourth-order valence-electron chi connectivity index (χ4n) is 2.34. The monoisotopic (exact) mass is 235 g/mol. The third kappa shape index (κ3) is 3.19. The van der Waals surface area contributed by atoms with Crippen molar-refractivity contribution >= 4 is 0 Å². The van der Waals surface area contributed by atoms with Crippen molar-refractivity contribution in [3.05, 3.63) is 29.8 Å². The molecule has 0 bridgehead atoms. The maximum atomic E-state index is 9.86. The van der Waals surface area contributed by atoms with Crippen molar-refractivity contribution in [1.82, 2.24) is 10.2 Å². The van der Waals surface area contributed by atoms with Crippen molar-refractivity contribution in [3.8, 4) is 5.75 Å². The number of nitrogens with one attached hydrogen (secondary N) is 1. The Hall–Kier alpha value is -1.10. The zero-order valence-electron chi connectivity index (χ0n) is 10.1. The number of phenolic OH excluding ortho intramolecular Hbond substituents is 1. The van der Waals surface area contributed by atoms with Crippen LogP contribution in [-0.2, 0) is 0 Å². The van der Waals surface area contributed by atoms with Crippen LogP contribution in [0.15, 0.2) is 24.3 Å². The molecule has 4 nitrogen and oxygen atoms in total. The first-order valence-corrected chi connectivity index (χ1v) is 6.22. The van der Waals surface area contributed by atoms with E-state index < -0.39 is 0 Å². The second kappa shape index (κ2) is 6.00. The summed E-state index contributed by atoms with van der Waals surface area (Å²) in [5, 5.41) is 13.2. The Balaban J connectivity index is 2.03. The molecule has 1 atom stereocenters. The first-order valence-electron chi connectivity index (χ1n) is 6.22. The molecule has 17 heavy (non-hydrogen) atoms. The molecule has 1 fully saturated rings. The van der Waals surface area contributed by atoms with Gasteiger partial charge in [-0.1, -0.05) is 18.2 Å². The van der Waals surface area contributed by atoms with Gasteiger partial charge in [0.2, 0.25) is 0 Å². The Kier molecular flexibility index (Phi) is 4.36. The lowest BCUT2D eigenvalue weighted by Gasteiger charge is -2.30. The molecule has 2 rings (SSSR count). The average Bonchev–Trinajstić information content (AvgIpc) is 2.38. The molecule has 0 radical (unpaired) electrons. The predicted molar refractivity (Wildman–Crippen MR) is 69.2 cm³/mol.